The average molecular weight is 288 g/mol. The molecule has 0 aliphatic carbocycles. The van der Waals surface area contributed by atoms with E-state index in [0.29, 0.717) is 22.5 Å². The van der Waals surface area contributed by atoms with Gasteiger partial charge in [0.25, 0.3) is 0 Å². The number of anilines is 1. The Labute approximate surface area is 103 Å². The number of halogens is 1. The van der Waals surface area contributed by atoms with Crippen LogP contribution in [-0.4, -0.2) is 19.7 Å². The standard InChI is InChI=1S/C11H14BrNO3/c1-3-16-9(14)6-7-4-5-8(15-2)11(13)10(7)12/h4-5H,3,6,13H2,1-2H3. The van der Waals surface area contributed by atoms with Gasteiger partial charge < -0.3 is 15.2 Å². The number of nitrogens with two attached hydrogens (primary N) is 1. The topological polar surface area (TPSA) is 61.5 Å². The molecule has 0 heterocycles. The van der Waals surface area contributed by atoms with Crippen molar-refractivity contribution in [2.75, 3.05) is 19.5 Å². The van der Waals surface area contributed by atoms with Gasteiger partial charge in [-0.25, -0.2) is 0 Å². The molecule has 1 rings (SSSR count). The van der Waals surface area contributed by atoms with Crippen molar-refractivity contribution in [3.05, 3.63) is 22.2 Å². The molecule has 0 bridgehead atoms. The lowest BCUT2D eigenvalue weighted by Gasteiger charge is -2.10. The van der Waals surface area contributed by atoms with Crippen LogP contribution in [0.15, 0.2) is 16.6 Å². The minimum atomic E-state index is -0.271. The van der Waals surface area contributed by atoms with Crippen LogP contribution in [0.2, 0.25) is 0 Å². The van der Waals surface area contributed by atoms with Gasteiger partial charge >= 0.3 is 5.97 Å². The molecule has 0 fully saturated rings. The Bertz CT molecular complexity index is 393. The first-order valence-electron chi connectivity index (χ1n) is 4.86. The Kier molecular flexibility index (Phi) is 4.61. The van der Waals surface area contributed by atoms with Crippen LogP contribution < -0.4 is 10.5 Å². The maximum absolute atomic E-state index is 11.3. The van der Waals surface area contributed by atoms with Gasteiger partial charge in [-0.1, -0.05) is 6.07 Å². The van der Waals surface area contributed by atoms with Gasteiger partial charge in [-0.2, -0.15) is 0 Å². The predicted molar refractivity (Wildman–Crippen MR) is 65.4 cm³/mol. The van der Waals surface area contributed by atoms with Gasteiger partial charge in [-0.05, 0) is 34.5 Å². The second-order valence-corrected chi connectivity index (χ2v) is 3.93. The summed E-state index contributed by atoms with van der Waals surface area (Å²) in [6, 6.07) is 3.52. The first-order chi connectivity index (χ1) is 7.60. The number of esters is 1. The van der Waals surface area contributed by atoms with E-state index in [1.165, 1.54) is 0 Å². The van der Waals surface area contributed by atoms with Crippen LogP contribution in [0.3, 0.4) is 0 Å². The zero-order chi connectivity index (χ0) is 12.1. The largest absolute Gasteiger partial charge is 0.495 e. The summed E-state index contributed by atoms with van der Waals surface area (Å²) in [5, 5.41) is 0. The summed E-state index contributed by atoms with van der Waals surface area (Å²) in [5.74, 6) is 0.312. The van der Waals surface area contributed by atoms with Gasteiger partial charge in [-0.3, -0.25) is 4.79 Å². The fraction of sp³-hybridized carbons (Fsp3) is 0.364. The third-order valence-corrected chi connectivity index (χ3v) is 3.02. The molecule has 4 nitrogen and oxygen atoms in total. The van der Waals surface area contributed by atoms with Gasteiger partial charge in [0.1, 0.15) is 5.75 Å². The monoisotopic (exact) mass is 287 g/mol. The van der Waals surface area contributed by atoms with Crippen molar-refractivity contribution >= 4 is 27.6 Å². The van der Waals surface area contributed by atoms with Gasteiger partial charge in [0.05, 0.1) is 25.8 Å². The summed E-state index contributed by atoms with van der Waals surface area (Å²) in [5.41, 5.74) is 7.10. The average Bonchev–Trinajstić information content (AvgIpc) is 2.25. The van der Waals surface area contributed by atoms with Crippen LogP contribution in [0.1, 0.15) is 12.5 Å². The highest BCUT2D eigenvalue weighted by atomic mass is 79.9. The van der Waals surface area contributed by atoms with Crippen molar-refractivity contribution in [1.82, 2.24) is 0 Å². The molecule has 5 heteroatoms. The van der Waals surface area contributed by atoms with Crippen molar-refractivity contribution in [1.29, 1.82) is 0 Å². The first-order valence-corrected chi connectivity index (χ1v) is 5.65. The quantitative estimate of drug-likeness (QED) is 0.681. The van der Waals surface area contributed by atoms with E-state index in [0.717, 1.165) is 5.56 Å². The molecular weight excluding hydrogens is 274 g/mol. The van der Waals surface area contributed by atoms with Crippen molar-refractivity contribution in [2.45, 2.75) is 13.3 Å². The van der Waals surface area contributed by atoms with Crippen molar-refractivity contribution in [3.63, 3.8) is 0 Å². The molecule has 0 spiro atoms. The second-order valence-electron chi connectivity index (χ2n) is 3.14. The molecule has 0 saturated heterocycles. The number of methoxy groups -OCH3 is 1. The Balaban J connectivity index is 2.90. The minimum absolute atomic E-state index is 0.197. The molecule has 0 atom stereocenters. The fourth-order valence-electron chi connectivity index (χ4n) is 1.30. The van der Waals surface area contributed by atoms with Gasteiger partial charge in [0.15, 0.2) is 0 Å². The molecule has 0 amide bonds. The molecule has 0 unspecified atom stereocenters. The first kappa shape index (κ1) is 12.8. The number of carbonyl (C=O) groups excluding carboxylic acids is 1. The Hall–Kier alpha value is -1.23. The Morgan fingerprint density at radius 2 is 2.19 bits per heavy atom. The lowest BCUT2D eigenvalue weighted by Crippen LogP contribution is -2.08. The van der Waals surface area contributed by atoms with E-state index in [1.807, 2.05) is 0 Å². The summed E-state index contributed by atoms with van der Waals surface area (Å²) >= 11 is 3.34. The lowest BCUT2D eigenvalue weighted by molar-refractivity contribution is -0.142. The molecule has 0 saturated carbocycles. The SMILES string of the molecule is CCOC(=O)Cc1ccc(OC)c(N)c1Br. The van der Waals surface area contributed by atoms with Gasteiger partial charge in [0, 0.05) is 4.47 Å². The summed E-state index contributed by atoms with van der Waals surface area (Å²) in [6.07, 6.45) is 0.197. The maximum atomic E-state index is 11.3. The predicted octanol–water partition coefficient (Wildman–Crippen LogP) is 2.15. The molecule has 2 N–H and O–H groups in total. The summed E-state index contributed by atoms with van der Waals surface area (Å²) in [6.45, 7) is 2.15. The zero-order valence-corrected chi connectivity index (χ0v) is 10.8. The highest BCUT2D eigenvalue weighted by Crippen LogP contribution is 2.32. The molecule has 0 aliphatic rings. The number of hydrogen-bond donors (Lipinski definition) is 1. The number of nitrogen functional groups attached to an aromatic ring is 1. The van der Waals surface area contributed by atoms with Crippen LogP contribution in [0, 0.1) is 0 Å². The van der Waals surface area contributed by atoms with E-state index >= 15 is 0 Å². The fourth-order valence-corrected chi connectivity index (χ4v) is 1.77. The highest BCUT2D eigenvalue weighted by Gasteiger charge is 2.12. The summed E-state index contributed by atoms with van der Waals surface area (Å²) < 4.78 is 10.6. The molecule has 0 radical (unpaired) electrons. The third kappa shape index (κ3) is 2.88. The van der Waals surface area contributed by atoms with Crippen LogP contribution in [0.25, 0.3) is 0 Å². The van der Waals surface area contributed by atoms with Crippen LogP contribution in [-0.2, 0) is 16.0 Å². The Morgan fingerprint density at radius 3 is 2.75 bits per heavy atom. The summed E-state index contributed by atoms with van der Waals surface area (Å²) in [4.78, 5) is 11.3. The molecule has 0 aromatic heterocycles. The van der Waals surface area contributed by atoms with Crippen LogP contribution in [0.5, 0.6) is 5.75 Å². The van der Waals surface area contributed by atoms with Crippen molar-refractivity contribution in [3.8, 4) is 5.75 Å². The third-order valence-electron chi connectivity index (χ3n) is 2.08. The van der Waals surface area contributed by atoms with Gasteiger partial charge in [-0.15, -0.1) is 0 Å². The van der Waals surface area contributed by atoms with E-state index in [9.17, 15) is 4.79 Å². The molecule has 0 aliphatic heterocycles. The van der Waals surface area contributed by atoms with E-state index in [2.05, 4.69) is 15.9 Å². The van der Waals surface area contributed by atoms with Crippen molar-refractivity contribution < 1.29 is 14.3 Å². The summed E-state index contributed by atoms with van der Waals surface area (Å²) in [7, 11) is 1.54. The van der Waals surface area contributed by atoms with Crippen LogP contribution in [0.4, 0.5) is 5.69 Å². The van der Waals surface area contributed by atoms with E-state index in [-0.39, 0.29) is 12.4 Å². The second kappa shape index (κ2) is 5.75. The van der Waals surface area contributed by atoms with E-state index in [1.54, 1.807) is 26.2 Å². The Morgan fingerprint density at radius 1 is 1.50 bits per heavy atom. The number of rotatable bonds is 4. The number of carbonyl (C=O) groups is 1. The number of benzene rings is 1. The van der Waals surface area contributed by atoms with Gasteiger partial charge in [0.2, 0.25) is 0 Å². The molecular formula is C11H14BrNO3. The molecule has 1 aromatic carbocycles. The molecule has 88 valence electrons. The minimum Gasteiger partial charge on any atom is -0.495 e. The molecule has 16 heavy (non-hydrogen) atoms. The number of ether oxygens (including phenoxy) is 2. The van der Waals surface area contributed by atoms with E-state index in [4.69, 9.17) is 15.2 Å². The van der Waals surface area contributed by atoms with E-state index < -0.39 is 0 Å². The smallest absolute Gasteiger partial charge is 0.310 e. The zero-order valence-electron chi connectivity index (χ0n) is 9.25. The van der Waals surface area contributed by atoms with Crippen LogP contribution >= 0.6 is 15.9 Å². The van der Waals surface area contributed by atoms with Crippen molar-refractivity contribution in [2.24, 2.45) is 0 Å². The lowest BCUT2D eigenvalue weighted by atomic mass is 10.1. The normalized spacial score (nSPS) is 9.94. The maximum Gasteiger partial charge on any atom is 0.310 e. The highest BCUT2D eigenvalue weighted by molar-refractivity contribution is 9.10. The molecule has 1 aromatic rings. The number of hydrogen-bond acceptors (Lipinski definition) is 4.